The molecule has 0 aromatic heterocycles. The molecule has 1 N–H and O–H groups in total. The molecule has 0 fully saturated rings. The highest BCUT2D eigenvalue weighted by molar-refractivity contribution is 6.02. The maximum atomic E-state index is 4.80. The van der Waals surface area contributed by atoms with Crippen molar-refractivity contribution < 1.29 is 0 Å². The molecular formula is C27H22N2. The molecular weight excluding hydrogens is 352 g/mol. The molecule has 1 aliphatic rings. The van der Waals surface area contributed by atoms with E-state index in [2.05, 4.69) is 72.2 Å². The number of fused-ring (bicyclic) bond motifs is 3. The number of nitrogens with one attached hydrogen (secondary N) is 1. The van der Waals surface area contributed by atoms with Gasteiger partial charge in [-0.3, -0.25) is 5.43 Å². The lowest BCUT2D eigenvalue weighted by Crippen LogP contribution is -2.10. The fourth-order valence-corrected chi connectivity index (χ4v) is 4.05. The van der Waals surface area contributed by atoms with Gasteiger partial charge in [0.15, 0.2) is 0 Å². The molecule has 140 valence electrons. The van der Waals surface area contributed by atoms with Crippen LogP contribution in [0.25, 0.3) is 11.1 Å². The Morgan fingerprint density at radius 2 is 1.38 bits per heavy atom. The number of nitrogens with zero attached hydrogens (tertiary/aromatic N) is 1. The van der Waals surface area contributed by atoms with Gasteiger partial charge in [-0.25, -0.2) is 0 Å². The third-order valence-corrected chi connectivity index (χ3v) is 5.51. The molecule has 5 rings (SSSR count). The van der Waals surface area contributed by atoms with Gasteiger partial charge in [-0.1, -0.05) is 91.0 Å². The van der Waals surface area contributed by atoms with Crippen LogP contribution in [-0.2, 0) is 12.8 Å². The summed E-state index contributed by atoms with van der Waals surface area (Å²) in [7, 11) is 0. The van der Waals surface area contributed by atoms with E-state index in [1.165, 1.54) is 27.8 Å². The Labute approximate surface area is 171 Å². The van der Waals surface area contributed by atoms with Crippen molar-refractivity contribution in [3.63, 3.8) is 0 Å². The van der Waals surface area contributed by atoms with Crippen LogP contribution < -0.4 is 5.43 Å². The van der Waals surface area contributed by atoms with Gasteiger partial charge in [-0.15, -0.1) is 0 Å². The summed E-state index contributed by atoms with van der Waals surface area (Å²) in [6.45, 7) is 0. The molecule has 0 unspecified atom stereocenters. The van der Waals surface area contributed by atoms with Crippen molar-refractivity contribution in [2.24, 2.45) is 5.10 Å². The fourth-order valence-electron chi connectivity index (χ4n) is 4.05. The molecule has 1 aliphatic carbocycles. The Bertz CT molecular complexity index is 1160. The summed E-state index contributed by atoms with van der Waals surface area (Å²) >= 11 is 0. The van der Waals surface area contributed by atoms with E-state index in [0.29, 0.717) is 0 Å². The Kier molecular flexibility index (Phi) is 4.67. The van der Waals surface area contributed by atoms with Gasteiger partial charge in [0.1, 0.15) is 0 Å². The number of benzene rings is 4. The number of hydrogen-bond donors (Lipinski definition) is 1. The van der Waals surface area contributed by atoms with Gasteiger partial charge in [0.05, 0.1) is 11.4 Å². The lowest BCUT2D eigenvalue weighted by Gasteiger charge is -2.12. The Hall–Kier alpha value is -3.65. The molecule has 4 aromatic carbocycles. The molecule has 0 radical (unpaired) electrons. The van der Waals surface area contributed by atoms with Gasteiger partial charge < -0.3 is 0 Å². The van der Waals surface area contributed by atoms with E-state index in [4.69, 9.17) is 5.10 Å². The van der Waals surface area contributed by atoms with Crippen LogP contribution >= 0.6 is 0 Å². The van der Waals surface area contributed by atoms with E-state index in [-0.39, 0.29) is 0 Å². The predicted octanol–water partition coefficient (Wildman–Crippen LogP) is 6.32. The van der Waals surface area contributed by atoms with Gasteiger partial charge in [0.25, 0.3) is 0 Å². The number of hydrazone groups is 1. The van der Waals surface area contributed by atoms with Gasteiger partial charge in [-0.05, 0) is 51.9 Å². The zero-order valence-electron chi connectivity index (χ0n) is 16.2. The normalized spacial score (nSPS) is 12.3. The van der Waals surface area contributed by atoms with Crippen molar-refractivity contribution in [3.8, 4) is 11.1 Å². The Balaban J connectivity index is 1.51. The van der Waals surface area contributed by atoms with E-state index in [0.717, 1.165) is 29.8 Å². The molecule has 4 aromatic rings. The van der Waals surface area contributed by atoms with E-state index in [1.807, 2.05) is 36.4 Å². The van der Waals surface area contributed by atoms with Gasteiger partial charge >= 0.3 is 0 Å². The highest BCUT2D eigenvalue weighted by Gasteiger charge is 2.21. The lowest BCUT2D eigenvalue weighted by atomic mass is 9.95. The minimum absolute atomic E-state index is 0.793. The molecule has 0 amide bonds. The Morgan fingerprint density at radius 3 is 2.21 bits per heavy atom. The van der Waals surface area contributed by atoms with Crippen molar-refractivity contribution in [2.45, 2.75) is 12.8 Å². The van der Waals surface area contributed by atoms with Crippen molar-refractivity contribution in [3.05, 3.63) is 125 Å². The van der Waals surface area contributed by atoms with Gasteiger partial charge in [-0.2, -0.15) is 5.10 Å². The zero-order chi connectivity index (χ0) is 19.5. The fraction of sp³-hybridized carbons (Fsp3) is 0.0741. The number of para-hydroxylation sites is 1. The molecule has 2 nitrogen and oxygen atoms in total. The van der Waals surface area contributed by atoms with Crippen LogP contribution in [0.5, 0.6) is 0 Å². The average molecular weight is 374 g/mol. The quantitative estimate of drug-likeness (QED) is 0.283. The summed E-state index contributed by atoms with van der Waals surface area (Å²) in [6, 6.07) is 35.9. The largest absolute Gasteiger partial charge is 0.278 e. The first kappa shape index (κ1) is 17.4. The summed E-state index contributed by atoms with van der Waals surface area (Å²) in [5, 5.41) is 4.80. The summed E-state index contributed by atoms with van der Waals surface area (Å²) < 4.78 is 0. The summed E-state index contributed by atoms with van der Waals surface area (Å²) in [5.41, 5.74) is 13.3. The lowest BCUT2D eigenvalue weighted by molar-refractivity contribution is 1.17. The van der Waals surface area contributed by atoms with E-state index >= 15 is 0 Å². The first-order valence-corrected chi connectivity index (χ1v) is 10.0. The standard InChI is InChI=1S/C27H22N2/c1-3-10-20(11-4-1)27(29-28-23-14-5-2-6-15-23)19-22-13-9-17-25-24-16-8-7-12-21(24)18-26(22)25/h1-17,28H,18-19H2. The molecule has 0 spiro atoms. The van der Waals surface area contributed by atoms with E-state index < -0.39 is 0 Å². The third-order valence-electron chi connectivity index (χ3n) is 5.51. The first-order valence-electron chi connectivity index (χ1n) is 10.0. The summed E-state index contributed by atoms with van der Waals surface area (Å²) in [5.74, 6) is 0. The van der Waals surface area contributed by atoms with Crippen LogP contribution in [0.15, 0.2) is 108 Å². The molecule has 0 bridgehead atoms. The first-order chi connectivity index (χ1) is 14.4. The second-order valence-electron chi connectivity index (χ2n) is 7.36. The van der Waals surface area contributed by atoms with Crippen molar-refractivity contribution in [1.29, 1.82) is 0 Å². The molecule has 0 saturated heterocycles. The van der Waals surface area contributed by atoms with Gasteiger partial charge in [0.2, 0.25) is 0 Å². The Morgan fingerprint density at radius 1 is 0.690 bits per heavy atom. The maximum Gasteiger partial charge on any atom is 0.0723 e. The molecule has 0 heterocycles. The molecule has 0 aliphatic heterocycles. The highest BCUT2D eigenvalue weighted by Crippen LogP contribution is 2.38. The van der Waals surface area contributed by atoms with Crippen LogP contribution in [0.3, 0.4) is 0 Å². The van der Waals surface area contributed by atoms with Crippen LogP contribution in [-0.4, -0.2) is 5.71 Å². The van der Waals surface area contributed by atoms with Crippen molar-refractivity contribution >= 4 is 11.4 Å². The van der Waals surface area contributed by atoms with E-state index in [9.17, 15) is 0 Å². The number of hydrogen-bond acceptors (Lipinski definition) is 2. The second kappa shape index (κ2) is 7.76. The molecule has 2 heteroatoms. The zero-order valence-corrected chi connectivity index (χ0v) is 16.2. The minimum atomic E-state index is 0.793. The molecule has 0 atom stereocenters. The molecule has 0 saturated carbocycles. The topological polar surface area (TPSA) is 24.4 Å². The third kappa shape index (κ3) is 3.57. The van der Waals surface area contributed by atoms with Crippen LogP contribution in [0.2, 0.25) is 0 Å². The summed E-state index contributed by atoms with van der Waals surface area (Å²) in [6.07, 6.45) is 1.79. The maximum absolute atomic E-state index is 4.80. The molecule has 29 heavy (non-hydrogen) atoms. The number of rotatable bonds is 5. The number of anilines is 1. The second-order valence-corrected chi connectivity index (χ2v) is 7.36. The highest BCUT2D eigenvalue weighted by atomic mass is 15.3. The van der Waals surface area contributed by atoms with Crippen LogP contribution in [0, 0.1) is 0 Å². The van der Waals surface area contributed by atoms with Crippen LogP contribution in [0.1, 0.15) is 22.3 Å². The SMILES string of the molecule is c1ccc(NN=C(Cc2cccc3c2Cc2ccccc2-3)c2ccccc2)cc1. The van der Waals surface area contributed by atoms with E-state index in [1.54, 1.807) is 0 Å². The monoisotopic (exact) mass is 374 g/mol. The predicted molar refractivity (Wildman–Crippen MR) is 121 cm³/mol. The van der Waals surface area contributed by atoms with Crippen molar-refractivity contribution in [2.75, 3.05) is 5.43 Å². The average Bonchev–Trinajstić information content (AvgIpc) is 3.17. The minimum Gasteiger partial charge on any atom is -0.278 e. The summed E-state index contributed by atoms with van der Waals surface area (Å²) in [4.78, 5) is 0. The van der Waals surface area contributed by atoms with Crippen molar-refractivity contribution in [1.82, 2.24) is 0 Å². The van der Waals surface area contributed by atoms with Crippen LogP contribution in [0.4, 0.5) is 5.69 Å². The smallest absolute Gasteiger partial charge is 0.0723 e. The van der Waals surface area contributed by atoms with Gasteiger partial charge in [0, 0.05) is 6.42 Å².